The predicted octanol–water partition coefficient (Wildman–Crippen LogP) is 2.43. The van der Waals surface area contributed by atoms with Gasteiger partial charge >= 0.3 is 0 Å². The molecule has 9 heteroatoms. The maximum Gasteiger partial charge on any atom is 0.279 e. The molecular weight excluding hydrogens is 371 g/mol. The molecule has 0 aliphatic carbocycles. The Hall–Kier alpha value is -2.68. The van der Waals surface area contributed by atoms with Crippen LogP contribution in [0.5, 0.6) is 5.75 Å². The normalized spacial score (nSPS) is 12.0. The van der Waals surface area contributed by atoms with E-state index < -0.39 is 47.1 Å². The molecule has 0 radical (unpaired) electrons. The molecule has 0 aromatic heterocycles. The fourth-order valence-electron chi connectivity index (χ4n) is 2.50. The minimum atomic E-state index is -2.21. The Morgan fingerprint density at radius 2 is 1.63 bits per heavy atom. The molecule has 0 saturated heterocycles. The molecule has 1 unspecified atom stereocenters. The summed E-state index contributed by atoms with van der Waals surface area (Å²) in [5.74, 6) is -9.93. The Kier molecular flexibility index (Phi) is 6.73. The molecule has 0 spiro atoms. The summed E-state index contributed by atoms with van der Waals surface area (Å²) in [6.07, 6.45) is 0. The number of amides is 1. The minimum absolute atomic E-state index is 0.227. The highest BCUT2D eigenvalue weighted by Gasteiger charge is 2.28. The standard InChI is InChI=1S/C18H17F5N2O2/c1-3-25(8-12-14(19)16(21)18(23)17(22)15(12)20)9-13(26)24-10-5-4-6-11(7-10)27-2/h4-7H,3,8-9H2,1-2H3,(H,24,26)/p+1. The molecule has 146 valence electrons. The summed E-state index contributed by atoms with van der Waals surface area (Å²) < 4.78 is 72.4. The van der Waals surface area contributed by atoms with Crippen molar-refractivity contribution in [2.45, 2.75) is 13.5 Å². The molecule has 27 heavy (non-hydrogen) atoms. The number of nitrogens with one attached hydrogen (secondary N) is 2. The summed E-state index contributed by atoms with van der Waals surface area (Å²) in [7, 11) is 1.47. The molecule has 2 aromatic rings. The molecule has 0 bridgehead atoms. The number of carbonyl (C=O) groups excluding carboxylic acids is 1. The van der Waals surface area contributed by atoms with E-state index in [0.29, 0.717) is 16.3 Å². The van der Waals surface area contributed by atoms with Crippen molar-refractivity contribution in [3.8, 4) is 5.75 Å². The third-order valence-electron chi connectivity index (χ3n) is 3.99. The van der Waals surface area contributed by atoms with Gasteiger partial charge in [0, 0.05) is 11.8 Å². The van der Waals surface area contributed by atoms with Gasteiger partial charge in [-0.15, -0.1) is 0 Å². The zero-order valence-corrected chi connectivity index (χ0v) is 14.6. The number of carbonyl (C=O) groups is 1. The zero-order chi connectivity index (χ0) is 20.1. The average Bonchev–Trinajstić information content (AvgIpc) is 2.67. The van der Waals surface area contributed by atoms with Gasteiger partial charge in [0.25, 0.3) is 5.91 Å². The molecule has 2 rings (SSSR count). The van der Waals surface area contributed by atoms with Crippen LogP contribution in [0.3, 0.4) is 0 Å². The van der Waals surface area contributed by atoms with Crippen LogP contribution in [0.4, 0.5) is 27.6 Å². The number of hydrogen-bond donors (Lipinski definition) is 2. The van der Waals surface area contributed by atoms with Gasteiger partial charge in [0.15, 0.2) is 29.8 Å². The lowest BCUT2D eigenvalue weighted by molar-refractivity contribution is -0.904. The summed E-state index contributed by atoms with van der Waals surface area (Å²) in [5, 5.41) is 2.59. The largest absolute Gasteiger partial charge is 0.497 e. The van der Waals surface area contributed by atoms with Gasteiger partial charge in [-0.25, -0.2) is 22.0 Å². The van der Waals surface area contributed by atoms with Crippen LogP contribution in [0.2, 0.25) is 0 Å². The van der Waals surface area contributed by atoms with E-state index in [-0.39, 0.29) is 13.1 Å². The molecule has 1 atom stereocenters. The number of hydrogen-bond acceptors (Lipinski definition) is 2. The van der Waals surface area contributed by atoms with E-state index >= 15 is 0 Å². The van der Waals surface area contributed by atoms with Crippen LogP contribution in [0.15, 0.2) is 24.3 Å². The van der Waals surface area contributed by atoms with E-state index in [1.165, 1.54) is 7.11 Å². The van der Waals surface area contributed by atoms with Crippen molar-refractivity contribution in [1.82, 2.24) is 0 Å². The lowest BCUT2D eigenvalue weighted by atomic mass is 10.1. The van der Waals surface area contributed by atoms with Gasteiger partial charge in [0.2, 0.25) is 5.82 Å². The van der Waals surface area contributed by atoms with E-state index in [1.807, 2.05) is 0 Å². The summed E-state index contributed by atoms with van der Waals surface area (Å²) in [4.78, 5) is 12.5. The fraction of sp³-hybridized carbons (Fsp3) is 0.278. The van der Waals surface area contributed by atoms with Crippen molar-refractivity contribution >= 4 is 11.6 Å². The number of likely N-dealkylation sites (N-methyl/N-ethyl adjacent to an activating group) is 1. The average molecular weight is 389 g/mol. The van der Waals surface area contributed by atoms with Crippen molar-refractivity contribution in [3.05, 3.63) is 58.9 Å². The number of quaternary nitrogens is 1. The number of anilines is 1. The van der Waals surface area contributed by atoms with E-state index in [9.17, 15) is 26.7 Å². The first-order valence-electron chi connectivity index (χ1n) is 8.06. The molecular formula is C18H18F5N2O2+. The third-order valence-corrected chi connectivity index (χ3v) is 3.99. The highest BCUT2D eigenvalue weighted by atomic mass is 19.2. The van der Waals surface area contributed by atoms with Crippen molar-refractivity contribution in [3.63, 3.8) is 0 Å². The van der Waals surface area contributed by atoms with E-state index in [4.69, 9.17) is 4.74 Å². The molecule has 2 aromatic carbocycles. The van der Waals surface area contributed by atoms with Gasteiger partial charge in [-0.1, -0.05) is 6.07 Å². The first kappa shape index (κ1) is 20.6. The number of ether oxygens (including phenoxy) is 1. The summed E-state index contributed by atoms with van der Waals surface area (Å²) in [6, 6.07) is 6.54. The lowest BCUT2D eigenvalue weighted by Crippen LogP contribution is -3.11. The minimum Gasteiger partial charge on any atom is -0.497 e. The molecule has 0 aliphatic heterocycles. The molecule has 2 N–H and O–H groups in total. The Labute approximate surface area is 152 Å². The highest BCUT2D eigenvalue weighted by Crippen LogP contribution is 2.22. The maximum absolute atomic E-state index is 13.8. The monoisotopic (exact) mass is 389 g/mol. The number of halogens is 5. The van der Waals surface area contributed by atoms with Crippen molar-refractivity contribution < 1.29 is 36.4 Å². The molecule has 0 aliphatic rings. The van der Waals surface area contributed by atoms with Crippen molar-refractivity contribution in [2.75, 3.05) is 25.5 Å². The molecule has 0 fully saturated rings. The van der Waals surface area contributed by atoms with Gasteiger partial charge in [-0.05, 0) is 19.1 Å². The van der Waals surface area contributed by atoms with Crippen LogP contribution in [-0.4, -0.2) is 26.1 Å². The van der Waals surface area contributed by atoms with Crippen LogP contribution in [0, 0.1) is 29.1 Å². The van der Waals surface area contributed by atoms with E-state index in [0.717, 1.165) is 0 Å². The summed E-state index contributed by atoms with van der Waals surface area (Å²) in [6.45, 7) is 1.09. The second-order valence-corrected chi connectivity index (χ2v) is 5.79. The third kappa shape index (κ3) is 4.73. The van der Waals surface area contributed by atoms with Gasteiger partial charge in [0.1, 0.15) is 12.3 Å². The van der Waals surface area contributed by atoms with Gasteiger partial charge in [-0.2, -0.15) is 0 Å². The number of benzene rings is 2. The first-order valence-corrected chi connectivity index (χ1v) is 8.06. The van der Waals surface area contributed by atoms with Crippen LogP contribution in [0.1, 0.15) is 12.5 Å². The quantitative estimate of drug-likeness (QED) is 0.434. The zero-order valence-electron chi connectivity index (χ0n) is 14.6. The second kappa shape index (κ2) is 8.81. The fourth-order valence-corrected chi connectivity index (χ4v) is 2.50. The smallest absolute Gasteiger partial charge is 0.279 e. The Morgan fingerprint density at radius 1 is 1.04 bits per heavy atom. The molecule has 0 saturated carbocycles. The predicted molar refractivity (Wildman–Crippen MR) is 87.9 cm³/mol. The topological polar surface area (TPSA) is 42.8 Å². The second-order valence-electron chi connectivity index (χ2n) is 5.79. The van der Waals surface area contributed by atoms with E-state index in [2.05, 4.69) is 5.32 Å². The molecule has 0 heterocycles. The van der Waals surface area contributed by atoms with Gasteiger partial charge in [0.05, 0.1) is 19.2 Å². The lowest BCUT2D eigenvalue weighted by Gasteiger charge is -2.18. The maximum atomic E-state index is 13.8. The number of methoxy groups -OCH3 is 1. The van der Waals surface area contributed by atoms with Crippen LogP contribution in [0.25, 0.3) is 0 Å². The molecule has 1 amide bonds. The first-order chi connectivity index (χ1) is 12.8. The van der Waals surface area contributed by atoms with Crippen molar-refractivity contribution in [1.29, 1.82) is 0 Å². The van der Waals surface area contributed by atoms with Crippen LogP contribution < -0.4 is 15.0 Å². The number of rotatable bonds is 7. The highest BCUT2D eigenvalue weighted by molar-refractivity contribution is 5.91. The molecule has 4 nitrogen and oxygen atoms in total. The van der Waals surface area contributed by atoms with E-state index in [1.54, 1.807) is 31.2 Å². The van der Waals surface area contributed by atoms with Gasteiger partial charge in [-0.3, -0.25) is 4.79 Å². The van der Waals surface area contributed by atoms with Crippen molar-refractivity contribution in [2.24, 2.45) is 0 Å². The van der Waals surface area contributed by atoms with Crippen LogP contribution >= 0.6 is 0 Å². The SMILES string of the molecule is CC[NH+](CC(=O)Nc1cccc(OC)c1)Cc1c(F)c(F)c(F)c(F)c1F. The Balaban J connectivity index is 2.13. The van der Waals surface area contributed by atoms with Crippen LogP contribution in [-0.2, 0) is 11.3 Å². The summed E-state index contributed by atoms with van der Waals surface area (Å²) in [5.41, 5.74) is -0.497. The Morgan fingerprint density at radius 3 is 2.19 bits per heavy atom. The summed E-state index contributed by atoms with van der Waals surface area (Å²) >= 11 is 0. The van der Waals surface area contributed by atoms with Gasteiger partial charge < -0.3 is 15.0 Å². The Bertz CT molecular complexity index is 816.